The quantitative estimate of drug-likeness (QED) is 0.810. The molecule has 3 rings (SSSR count). The lowest BCUT2D eigenvalue weighted by atomic mass is 9.41. The zero-order valence-corrected chi connectivity index (χ0v) is 11.6. The van der Waals surface area contributed by atoms with E-state index in [0.29, 0.717) is 12.2 Å². The van der Waals surface area contributed by atoms with Gasteiger partial charge in [-0.15, -0.1) is 0 Å². The highest BCUT2D eigenvalue weighted by Gasteiger charge is 2.45. The van der Waals surface area contributed by atoms with E-state index < -0.39 is 11.6 Å². The molecule has 6 heteroatoms. The van der Waals surface area contributed by atoms with E-state index in [-0.39, 0.29) is 18.9 Å². The van der Waals surface area contributed by atoms with Crippen LogP contribution in [0.4, 0.5) is 0 Å². The molecule has 1 fully saturated rings. The van der Waals surface area contributed by atoms with Crippen molar-refractivity contribution < 1.29 is 19.7 Å². The Hall–Kier alpha value is -1.84. The first-order chi connectivity index (χ1) is 10.1. The fourth-order valence-electron chi connectivity index (χ4n) is 3.58. The molecule has 1 saturated heterocycles. The molecule has 0 aromatic heterocycles. The van der Waals surface area contributed by atoms with Crippen LogP contribution in [0.15, 0.2) is 12.1 Å². The molecule has 2 aliphatic heterocycles. The van der Waals surface area contributed by atoms with E-state index >= 15 is 0 Å². The van der Waals surface area contributed by atoms with Gasteiger partial charge in [0.15, 0.2) is 0 Å². The van der Waals surface area contributed by atoms with Gasteiger partial charge in [-0.25, -0.2) is 10.1 Å². The number of fused-ring (bicyclic) bond motifs is 2. The first-order valence-corrected chi connectivity index (χ1v) is 7.14. The fraction of sp³-hybridized carbons (Fsp3) is 0.467. The predicted molar refractivity (Wildman–Crippen MR) is 76.0 cm³/mol. The van der Waals surface area contributed by atoms with Gasteiger partial charge in [-0.2, -0.15) is 0 Å². The normalized spacial score (nSPS) is 19.3. The van der Waals surface area contributed by atoms with Crippen LogP contribution in [-0.4, -0.2) is 22.9 Å². The molecule has 2 heterocycles. The number of hydrogen-bond donors (Lipinski definition) is 2. The second-order valence-corrected chi connectivity index (χ2v) is 5.77. The summed E-state index contributed by atoms with van der Waals surface area (Å²) >= 11 is 0. The van der Waals surface area contributed by atoms with Crippen LogP contribution < -0.4 is 0 Å². The lowest BCUT2D eigenvalue weighted by Crippen LogP contribution is -2.33. The number of rotatable bonds is 2. The number of aliphatic hydroxyl groups is 1. The number of aliphatic hydroxyl groups excluding tert-OH is 1. The molecule has 0 unspecified atom stereocenters. The van der Waals surface area contributed by atoms with Crippen LogP contribution in [0, 0.1) is 11.2 Å². The Kier molecular flexibility index (Phi) is 3.48. The molecule has 1 aromatic carbocycles. The van der Waals surface area contributed by atoms with Gasteiger partial charge in [-0.05, 0) is 35.6 Å². The maximum Gasteiger partial charge on any atom is 0.336 e. The smallest absolute Gasteiger partial charge is 0.336 e. The zero-order chi connectivity index (χ0) is 15.0. The van der Waals surface area contributed by atoms with E-state index in [1.54, 1.807) is 6.07 Å². The van der Waals surface area contributed by atoms with Crippen molar-refractivity contribution in [3.63, 3.8) is 0 Å². The summed E-state index contributed by atoms with van der Waals surface area (Å²) in [5.41, 5.74) is 2.01. The van der Waals surface area contributed by atoms with Gasteiger partial charge < -0.3 is 14.9 Å². The minimum atomic E-state index is -1.03. The Morgan fingerprint density at radius 3 is 2.71 bits per heavy atom. The van der Waals surface area contributed by atoms with Gasteiger partial charge >= 0.3 is 5.97 Å². The van der Waals surface area contributed by atoms with Crippen LogP contribution in [0.25, 0.3) is 0 Å². The van der Waals surface area contributed by atoms with E-state index in [1.807, 2.05) is 6.07 Å². The van der Waals surface area contributed by atoms with E-state index in [4.69, 9.17) is 10.00 Å². The number of carboxylic acid groups (broad SMARTS) is 1. The average Bonchev–Trinajstić information content (AvgIpc) is 2.86. The van der Waals surface area contributed by atoms with Gasteiger partial charge in [0.2, 0.25) is 0 Å². The molecule has 0 atom stereocenters. The van der Waals surface area contributed by atoms with E-state index in [2.05, 4.69) is 5.97 Å². The minimum Gasteiger partial charge on any atom is -0.478 e. The molecule has 0 amide bonds. The number of aromatic carboxylic acids is 1. The highest BCUT2D eigenvalue weighted by Crippen LogP contribution is 2.48. The Labute approximate surface area is 123 Å². The largest absolute Gasteiger partial charge is 0.478 e. The number of hydrogen-bond acceptors (Lipinski definition) is 4. The van der Waals surface area contributed by atoms with Crippen molar-refractivity contribution in [2.45, 2.75) is 44.3 Å². The average molecular weight is 285 g/mol. The van der Waals surface area contributed by atoms with Crippen molar-refractivity contribution in [1.82, 2.24) is 0 Å². The first-order valence-electron chi connectivity index (χ1n) is 7.14. The van der Waals surface area contributed by atoms with Crippen molar-refractivity contribution in [3.05, 3.63) is 34.4 Å². The molecule has 0 bridgehead atoms. The SMILES string of the molecule is N#CB1CCC2(CC1)OCc1c2ccc(C(=O)O)c1CO. The summed E-state index contributed by atoms with van der Waals surface area (Å²) in [6, 6.07) is 3.37. The number of nitriles is 1. The van der Waals surface area contributed by atoms with E-state index in [0.717, 1.165) is 36.6 Å². The van der Waals surface area contributed by atoms with Gasteiger partial charge in [-0.1, -0.05) is 18.7 Å². The number of nitrogens with zero attached hydrogens (tertiary/aromatic N) is 1. The summed E-state index contributed by atoms with van der Waals surface area (Å²) in [7, 11) is 0. The second-order valence-electron chi connectivity index (χ2n) is 5.77. The number of carbonyl (C=O) groups is 1. The standard InChI is InChI=1S/C15H16BNO4/c17-9-16-5-3-15(4-6-16)13-2-1-10(14(19)20)11(7-18)12(13)8-21-15/h1-2,18H,3-8H2,(H,19,20). The van der Waals surface area contributed by atoms with E-state index in [9.17, 15) is 15.0 Å². The minimum absolute atomic E-state index is 0.0823. The van der Waals surface area contributed by atoms with Crippen LogP contribution in [0.5, 0.6) is 0 Å². The molecule has 2 aliphatic rings. The van der Waals surface area contributed by atoms with Crippen molar-refractivity contribution >= 4 is 12.7 Å². The first kappa shape index (κ1) is 14.1. The van der Waals surface area contributed by atoms with Crippen molar-refractivity contribution in [1.29, 1.82) is 5.26 Å². The molecule has 5 nitrogen and oxygen atoms in total. The monoisotopic (exact) mass is 285 g/mol. The van der Waals surface area contributed by atoms with Gasteiger partial charge in [0.05, 0.1) is 24.4 Å². The van der Waals surface area contributed by atoms with Crippen molar-refractivity contribution in [2.75, 3.05) is 0 Å². The van der Waals surface area contributed by atoms with Gasteiger partial charge in [-0.3, -0.25) is 0 Å². The van der Waals surface area contributed by atoms with Crippen LogP contribution >= 0.6 is 0 Å². The molecule has 1 spiro atoms. The Balaban J connectivity index is 2.01. The summed E-state index contributed by atoms with van der Waals surface area (Å²) in [4.78, 5) is 11.2. The highest BCUT2D eigenvalue weighted by atomic mass is 16.5. The molecule has 0 saturated carbocycles. The van der Waals surface area contributed by atoms with E-state index in [1.165, 1.54) is 0 Å². The molecule has 21 heavy (non-hydrogen) atoms. The third kappa shape index (κ3) is 2.13. The summed E-state index contributed by atoms with van der Waals surface area (Å²) in [6.45, 7) is 0.119. The van der Waals surface area contributed by atoms with Crippen molar-refractivity contribution in [3.8, 4) is 5.97 Å². The Morgan fingerprint density at radius 2 is 2.14 bits per heavy atom. The lowest BCUT2D eigenvalue weighted by molar-refractivity contribution is -0.0471. The molecular weight excluding hydrogens is 269 g/mol. The van der Waals surface area contributed by atoms with Crippen LogP contribution in [0.1, 0.15) is 39.9 Å². The lowest BCUT2D eigenvalue weighted by Gasteiger charge is -2.34. The summed E-state index contributed by atoms with van der Waals surface area (Å²) in [5, 5.41) is 27.8. The topological polar surface area (TPSA) is 90.5 Å². The zero-order valence-electron chi connectivity index (χ0n) is 11.6. The molecule has 1 aromatic rings. The van der Waals surface area contributed by atoms with Crippen LogP contribution in [-0.2, 0) is 23.6 Å². The van der Waals surface area contributed by atoms with Gasteiger partial charge in [0.1, 0.15) is 0 Å². The maximum atomic E-state index is 11.2. The predicted octanol–water partition coefficient (Wildman–Crippen LogP) is 1.95. The second kappa shape index (κ2) is 5.17. The van der Waals surface area contributed by atoms with Crippen LogP contribution in [0.2, 0.25) is 12.6 Å². The third-order valence-corrected chi connectivity index (χ3v) is 4.78. The summed E-state index contributed by atoms with van der Waals surface area (Å²) in [5.74, 6) is 1.28. The highest BCUT2D eigenvalue weighted by molar-refractivity contribution is 6.67. The van der Waals surface area contributed by atoms with Gasteiger partial charge in [0, 0.05) is 5.97 Å². The molecule has 108 valence electrons. The Morgan fingerprint density at radius 1 is 1.43 bits per heavy atom. The molecule has 2 N–H and O–H groups in total. The maximum absolute atomic E-state index is 11.2. The number of carboxylic acids is 1. The number of ether oxygens (including phenoxy) is 1. The summed E-state index contributed by atoms with van der Waals surface area (Å²) < 4.78 is 6.01. The van der Waals surface area contributed by atoms with Crippen molar-refractivity contribution in [2.24, 2.45) is 0 Å². The Bertz CT molecular complexity index is 629. The van der Waals surface area contributed by atoms with Gasteiger partial charge in [0.25, 0.3) is 6.71 Å². The summed E-state index contributed by atoms with van der Waals surface area (Å²) in [6.07, 6.45) is 3.14. The molecule has 0 radical (unpaired) electrons. The third-order valence-electron chi connectivity index (χ3n) is 4.78. The fourth-order valence-corrected chi connectivity index (χ4v) is 3.58. The van der Waals surface area contributed by atoms with Crippen LogP contribution in [0.3, 0.4) is 0 Å². The molecule has 0 aliphatic carbocycles. The molecular formula is C15H16BNO4. The number of benzene rings is 1.